The van der Waals surface area contributed by atoms with E-state index in [1.165, 1.54) is 51.2 Å². The van der Waals surface area contributed by atoms with Gasteiger partial charge in [-0.2, -0.15) is 0 Å². The first-order valence-electron chi connectivity index (χ1n) is 9.04. The minimum atomic E-state index is -0.266. The first-order chi connectivity index (χ1) is 11.2. The fourth-order valence-electron chi connectivity index (χ4n) is 5.86. The largest absolute Gasteiger partial charge is 0.465 e. The SMILES string of the molecule is COC(=O)c1ccc(CNCC23CC4CC(CC(C4)C2)C3)cc1. The third kappa shape index (κ3) is 3.03. The monoisotopic (exact) mass is 313 g/mol. The van der Waals surface area contributed by atoms with Gasteiger partial charge in [0.1, 0.15) is 0 Å². The predicted molar refractivity (Wildman–Crippen MR) is 90.1 cm³/mol. The Kier molecular flexibility index (Phi) is 3.92. The molecule has 4 fully saturated rings. The highest BCUT2D eigenvalue weighted by Crippen LogP contribution is 2.59. The summed E-state index contributed by atoms with van der Waals surface area (Å²) in [5.41, 5.74) is 2.44. The summed E-state index contributed by atoms with van der Waals surface area (Å²) in [5, 5.41) is 3.71. The minimum absolute atomic E-state index is 0.266. The van der Waals surface area contributed by atoms with Crippen molar-refractivity contribution in [2.75, 3.05) is 13.7 Å². The number of carbonyl (C=O) groups excluding carboxylic acids is 1. The second-order valence-corrected chi connectivity index (χ2v) is 8.21. The molecule has 0 aliphatic heterocycles. The maximum absolute atomic E-state index is 11.5. The van der Waals surface area contributed by atoms with Crippen molar-refractivity contribution in [3.05, 3.63) is 35.4 Å². The summed E-state index contributed by atoms with van der Waals surface area (Å²) in [6, 6.07) is 7.76. The Morgan fingerprint density at radius 1 is 1.09 bits per heavy atom. The molecular weight excluding hydrogens is 286 g/mol. The molecule has 4 aliphatic carbocycles. The van der Waals surface area contributed by atoms with E-state index in [2.05, 4.69) is 5.32 Å². The topological polar surface area (TPSA) is 38.3 Å². The van der Waals surface area contributed by atoms with Crippen LogP contribution in [0, 0.1) is 23.2 Å². The Hall–Kier alpha value is -1.35. The van der Waals surface area contributed by atoms with Crippen LogP contribution in [0.4, 0.5) is 0 Å². The molecule has 0 amide bonds. The summed E-state index contributed by atoms with van der Waals surface area (Å²) in [6.07, 6.45) is 8.88. The Labute approximate surface area is 138 Å². The number of hydrogen-bond acceptors (Lipinski definition) is 3. The van der Waals surface area contributed by atoms with E-state index in [1.807, 2.05) is 24.3 Å². The standard InChI is InChI=1S/C20H27NO2/c1-23-19(22)18-4-2-14(3-5-18)12-21-13-20-9-15-6-16(10-20)8-17(7-15)11-20/h2-5,15-17,21H,6-13H2,1H3. The lowest BCUT2D eigenvalue weighted by Gasteiger charge is -2.57. The van der Waals surface area contributed by atoms with Crippen LogP contribution in [0.25, 0.3) is 0 Å². The second-order valence-electron chi connectivity index (χ2n) is 8.21. The molecule has 4 bridgehead atoms. The Morgan fingerprint density at radius 3 is 2.17 bits per heavy atom. The molecule has 23 heavy (non-hydrogen) atoms. The molecule has 3 nitrogen and oxygen atoms in total. The van der Waals surface area contributed by atoms with Gasteiger partial charge >= 0.3 is 5.97 Å². The number of benzene rings is 1. The molecule has 0 unspecified atom stereocenters. The van der Waals surface area contributed by atoms with Gasteiger partial charge in [-0.25, -0.2) is 4.79 Å². The highest BCUT2D eigenvalue weighted by atomic mass is 16.5. The summed E-state index contributed by atoms with van der Waals surface area (Å²) in [7, 11) is 1.42. The van der Waals surface area contributed by atoms with Crippen molar-refractivity contribution in [1.29, 1.82) is 0 Å². The lowest BCUT2D eigenvalue weighted by atomic mass is 9.49. The van der Waals surface area contributed by atoms with E-state index in [0.29, 0.717) is 11.0 Å². The quantitative estimate of drug-likeness (QED) is 0.841. The zero-order chi connectivity index (χ0) is 15.9. The van der Waals surface area contributed by atoms with E-state index in [4.69, 9.17) is 4.74 Å². The van der Waals surface area contributed by atoms with Crippen LogP contribution in [0.2, 0.25) is 0 Å². The highest BCUT2D eigenvalue weighted by Gasteiger charge is 2.50. The number of nitrogens with one attached hydrogen (secondary N) is 1. The number of rotatable bonds is 5. The Bertz CT molecular complexity index is 543. The third-order valence-corrected chi connectivity index (χ3v) is 6.37. The van der Waals surface area contributed by atoms with E-state index in [-0.39, 0.29) is 5.97 Å². The zero-order valence-corrected chi connectivity index (χ0v) is 14.0. The number of ether oxygens (including phenoxy) is 1. The van der Waals surface area contributed by atoms with Gasteiger partial charge in [0.15, 0.2) is 0 Å². The van der Waals surface area contributed by atoms with Gasteiger partial charge in [0.2, 0.25) is 0 Å². The van der Waals surface area contributed by atoms with Crippen LogP contribution in [0.15, 0.2) is 24.3 Å². The molecule has 0 saturated heterocycles. The van der Waals surface area contributed by atoms with E-state index < -0.39 is 0 Å². The van der Waals surface area contributed by atoms with Crippen LogP contribution < -0.4 is 5.32 Å². The normalized spacial score (nSPS) is 34.6. The van der Waals surface area contributed by atoms with Crippen LogP contribution in [-0.4, -0.2) is 19.6 Å². The van der Waals surface area contributed by atoms with Crippen LogP contribution in [-0.2, 0) is 11.3 Å². The lowest BCUT2D eigenvalue weighted by Crippen LogP contribution is -2.50. The number of hydrogen-bond donors (Lipinski definition) is 1. The van der Waals surface area contributed by atoms with Crippen molar-refractivity contribution in [1.82, 2.24) is 5.32 Å². The van der Waals surface area contributed by atoms with Crippen molar-refractivity contribution in [2.45, 2.75) is 45.1 Å². The van der Waals surface area contributed by atoms with Gasteiger partial charge in [0.25, 0.3) is 0 Å². The average Bonchev–Trinajstić information content (AvgIpc) is 2.53. The van der Waals surface area contributed by atoms with Gasteiger partial charge < -0.3 is 10.1 Å². The molecule has 1 aromatic rings. The smallest absolute Gasteiger partial charge is 0.337 e. The molecule has 1 aromatic carbocycles. The van der Waals surface area contributed by atoms with E-state index >= 15 is 0 Å². The fraction of sp³-hybridized carbons (Fsp3) is 0.650. The molecule has 0 heterocycles. The molecule has 0 atom stereocenters. The third-order valence-electron chi connectivity index (χ3n) is 6.37. The van der Waals surface area contributed by atoms with Crippen LogP contribution >= 0.6 is 0 Å². The van der Waals surface area contributed by atoms with Gasteiger partial charge in [-0.15, -0.1) is 0 Å². The first kappa shape index (κ1) is 15.2. The van der Waals surface area contributed by atoms with Gasteiger partial charge in [-0.3, -0.25) is 0 Å². The first-order valence-corrected chi connectivity index (χ1v) is 9.04. The van der Waals surface area contributed by atoms with Crippen LogP contribution in [0.3, 0.4) is 0 Å². The summed E-state index contributed by atoms with van der Waals surface area (Å²) in [4.78, 5) is 11.5. The van der Waals surface area contributed by atoms with Crippen molar-refractivity contribution < 1.29 is 9.53 Å². The number of esters is 1. The summed E-state index contributed by atoms with van der Waals surface area (Å²) >= 11 is 0. The predicted octanol–water partition coefficient (Wildman–Crippen LogP) is 3.78. The molecule has 5 rings (SSSR count). The van der Waals surface area contributed by atoms with E-state index in [0.717, 1.165) is 30.8 Å². The van der Waals surface area contributed by atoms with Gasteiger partial charge in [-0.05, 0) is 79.4 Å². The molecule has 124 valence electrons. The van der Waals surface area contributed by atoms with Gasteiger partial charge in [-0.1, -0.05) is 12.1 Å². The highest BCUT2D eigenvalue weighted by molar-refractivity contribution is 5.89. The van der Waals surface area contributed by atoms with Crippen molar-refractivity contribution in [3.63, 3.8) is 0 Å². The van der Waals surface area contributed by atoms with Crippen LogP contribution in [0.5, 0.6) is 0 Å². The number of methoxy groups -OCH3 is 1. The number of carbonyl (C=O) groups is 1. The van der Waals surface area contributed by atoms with E-state index in [1.54, 1.807) is 0 Å². The van der Waals surface area contributed by atoms with Crippen molar-refractivity contribution in [2.24, 2.45) is 23.2 Å². The molecule has 0 spiro atoms. The second kappa shape index (κ2) is 5.94. The fourth-order valence-corrected chi connectivity index (χ4v) is 5.86. The summed E-state index contributed by atoms with van der Waals surface area (Å²) in [5.74, 6) is 2.78. The molecule has 1 N–H and O–H groups in total. The van der Waals surface area contributed by atoms with Crippen LogP contribution in [0.1, 0.15) is 54.4 Å². The zero-order valence-electron chi connectivity index (χ0n) is 14.0. The molecule has 0 radical (unpaired) electrons. The maximum atomic E-state index is 11.5. The Balaban J connectivity index is 1.33. The minimum Gasteiger partial charge on any atom is -0.465 e. The average molecular weight is 313 g/mol. The van der Waals surface area contributed by atoms with Gasteiger partial charge in [0.05, 0.1) is 12.7 Å². The Morgan fingerprint density at radius 2 is 1.65 bits per heavy atom. The molecule has 0 aromatic heterocycles. The van der Waals surface area contributed by atoms with Crippen molar-refractivity contribution in [3.8, 4) is 0 Å². The van der Waals surface area contributed by atoms with E-state index in [9.17, 15) is 4.79 Å². The maximum Gasteiger partial charge on any atom is 0.337 e. The molecule has 4 aliphatic rings. The van der Waals surface area contributed by atoms with Crippen molar-refractivity contribution >= 4 is 5.97 Å². The molecular formula is C20H27NO2. The summed E-state index contributed by atoms with van der Waals surface area (Å²) < 4.78 is 4.74. The molecule has 4 saturated carbocycles. The lowest BCUT2D eigenvalue weighted by molar-refractivity contribution is -0.0514. The summed E-state index contributed by atoms with van der Waals surface area (Å²) in [6.45, 7) is 2.05. The van der Waals surface area contributed by atoms with Gasteiger partial charge in [0, 0.05) is 13.1 Å². The molecule has 3 heteroatoms.